The number of methoxy groups -OCH3 is 1. The SMILES string of the molecule is CCCCC(NCC1CCN(C(C)C)C1)C(=O)OC. The minimum atomic E-state index is -0.127. The molecule has 1 aliphatic rings. The predicted octanol–water partition coefficient (Wildman–Crippen LogP) is 2.04. The number of hydrogen-bond acceptors (Lipinski definition) is 4. The summed E-state index contributed by atoms with van der Waals surface area (Å²) in [6.07, 6.45) is 4.28. The van der Waals surface area contributed by atoms with Gasteiger partial charge in [-0.1, -0.05) is 19.8 Å². The van der Waals surface area contributed by atoms with Gasteiger partial charge in [0, 0.05) is 19.1 Å². The fourth-order valence-corrected chi connectivity index (χ4v) is 2.66. The Hall–Kier alpha value is -0.610. The molecule has 0 aromatic rings. The Bertz CT molecular complexity index is 269. The van der Waals surface area contributed by atoms with Gasteiger partial charge in [0.05, 0.1) is 7.11 Å². The summed E-state index contributed by atoms with van der Waals surface area (Å²) in [7, 11) is 1.47. The monoisotopic (exact) mass is 270 g/mol. The molecule has 2 atom stereocenters. The third-order valence-corrected chi connectivity index (χ3v) is 4.03. The van der Waals surface area contributed by atoms with Crippen LogP contribution in [0.5, 0.6) is 0 Å². The molecular weight excluding hydrogens is 240 g/mol. The van der Waals surface area contributed by atoms with E-state index in [1.165, 1.54) is 20.1 Å². The molecular formula is C15H30N2O2. The van der Waals surface area contributed by atoms with E-state index in [2.05, 4.69) is 31.0 Å². The van der Waals surface area contributed by atoms with Crippen LogP contribution >= 0.6 is 0 Å². The van der Waals surface area contributed by atoms with Crippen molar-refractivity contribution in [3.63, 3.8) is 0 Å². The van der Waals surface area contributed by atoms with E-state index in [1.54, 1.807) is 0 Å². The Morgan fingerprint density at radius 2 is 2.21 bits per heavy atom. The topological polar surface area (TPSA) is 41.6 Å². The van der Waals surface area contributed by atoms with Crippen LogP contribution in [0.25, 0.3) is 0 Å². The van der Waals surface area contributed by atoms with Gasteiger partial charge in [-0.2, -0.15) is 0 Å². The van der Waals surface area contributed by atoms with Crippen molar-refractivity contribution < 1.29 is 9.53 Å². The number of rotatable bonds is 8. The Labute approximate surface area is 117 Å². The molecule has 4 nitrogen and oxygen atoms in total. The van der Waals surface area contributed by atoms with Crippen molar-refractivity contribution in [2.45, 2.75) is 58.5 Å². The molecule has 0 saturated carbocycles. The number of ether oxygens (including phenoxy) is 1. The van der Waals surface area contributed by atoms with E-state index >= 15 is 0 Å². The van der Waals surface area contributed by atoms with E-state index < -0.39 is 0 Å². The minimum Gasteiger partial charge on any atom is -0.468 e. The molecule has 0 spiro atoms. The second-order valence-corrected chi connectivity index (χ2v) is 5.87. The Morgan fingerprint density at radius 3 is 2.74 bits per heavy atom. The molecule has 1 fully saturated rings. The second-order valence-electron chi connectivity index (χ2n) is 5.87. The highest BCUT2D eigenvalue weighted by molar-refractivity contribution is 5.75. The van der Waals surface area contributed by atoms with Gasteiger partial charge in [-0.25, -0.2) is 0 Å². The first-order valence-electron chi connectivity index (χ1n) is 7.63. The molecule has 0 amide bonds. The van der Waals surface area contributed by atoms with Gasteiger partial charge in [0.1, 0.15) is 6.04 Å². The molecule has 1 aliphatic heterocycles. The van der Waals surface area contributed by atoms with Crippen molar-refractivity contribution in [1.82, 2.24) is 10.2 Å². The average Bonchev–Trinajstić information content (AvgIpc) is 2.87. The van der Waals surface area contributed by atoms with Crippen LogP contribution in [-0.2, 0) is 9.53 Å². The van der Waals surface area contributed by atoms with Gasteiger partial charge in [-0.05, 0) is 39.2 Å². The van der Waals surface area contributed by atoms with Crippen molar-refractivity contribution >= 4 is 5.97 Å². The molecule has 1 rings (SSSR count). The Morgan fingerprint density at radius 1 is 1.47 bits per heavy atom. The van der Waals surface area contributed by atoms with E-state index in [0.717, 1.165) is 32.4 Å². The van der Waals surface area contributed by atoms with Gasteiger partial charge in [-0.3, -0.25) is 4.79 Å². The largest absolute Gasteiger partial charge is 0.468 e. The molecule has 2 unspecified atom stereocenters. The quantitative estimate of drug-likeness (QED) is 0.685. The van der Waals surface area contributed by atoms with E-state index in [4.69, 9.17) is 4.74 Å². The molecule has 0 radical (unpaired) electrons. The fraction of sp³-hybridized carbons (Fsp3) is 0.933. The number of carbonyl (C=O) groups excluding carboxylic acids is 1. The highest BCUT2D eigenvalue weighted by atomic mass is 16.5. The zero-order valence-electron chi connectivity index (χ0n) is 12.9. The van der Waals surface area contributed by atoms with Gasteiger partial charge in [0.25, 0.3) is 0 Å². The maximum Gasteiger partial charge on any atom is 0.322 e. The number of esters is 1. The van der Waals surface area contributed by atoms with Crippen molar-refractivity contribution in [3.8, 4) is 0 Å². The Kier molecular flexibility index (Phi) is 7.39. The Balaban J connectivity index is 2.33. The maximum atomic E-state index is 11.7. The van der Waals surface area contributed by atoms with Crippen LogP contribution in [0.2, 0.25) is 0 Å². The van der Waals surface area contributed by atoms with E-state index in [1.807, 2.05) is 0 Å². The lowest BCUT2D eigenvalue weighted by Gasteiger charge is -2.21. The molecule has 4 heteroatoms. The third kappa shape index (κ3) is 5.49. The predicted molar refractivity (Wildman–Crippen MR) is 78.1 cm³/mol. The summed E-state index contributed by atoms with van der Waals surface area (Å²) in [5.74, 6) is 0.545. The number of likely N-dealkylation sites (tertiary alicyclic amines) is 1. The number of hydrogen-bond donors (Lipinski definition) is 1. The van der Waals surface area contributed by atoms with Gasteiger partial charge >= 0.3 is 5.97 Å². The standard InChI is InChI=1S/C15H30N2O2/c1-5-6-7-14(15(18)19-4)16-10-13-8-9-17(11-13)12(2)3/h12-14,16H,5-11H2,1-4H3. The first-order chi connectivity index (χ1) is 9.08. The second kappa shape index (κ2) is 8.54. The van der Waals surface area contributed by atoms with Gasteiger partial charge in [-0.15, -0.1) is 0 Å². The van der Waals surface area contributed by atoms with Crippen LogP contribution in [0.3, 0.4) is 0 Å². The number of carbonyl (C=O) groups is 1. The van der Waals surface area contributed by atoms with Crippen LogP contribution in [0.4, 0.5) is 0 Å². The summed E-state index contributed by atoms with van der Waals surface area (Å²) in [6.45, 7) is 9.88. The van der Waals surface area contributed by atoms with Gasteiger partial charge in [0.15, 0.2) is 0 Å². The average molecular weight is 270 g/mol. The first-order valence-corrected chi connectivity index (χ1v) is 7.63. The van der Waals surface area contributed by atoms with Gasteiger partial charge < -0.3 is 15.0 Å². The fourth-order valence-electron chi connectivity index (χ4n) is 2.66. The molecule has 0 aliphatic carbocycles. The molecule has 1 heterocycles. The molecule has 1 N–H and O–H groups in total. The maximum absolute atomic E-state index is 11.7. The molecule has 0 aromatic heterocycles. The summed E-state index contributed by atoms with van der Waals surface area (Å²) < 4.78 is 4.87. The highest BCUT2D eigenvalue weighted by Crippen LogP contribution is 2.18. The van der Waals surface area contributed by atoms with Crippen molar-refractivity contribution in [3.05, 3.63) is 0 Å². The molecule has 19 heavy (non-hydrogen) atoms. The molecule has 1 saturated heterocycles. The summed E-state index contributed by atoms with van der Waals surface area (Å²) in [4.78, 5) is 14.2. The number of unbranched alkanes of at least 4 members (excludes halogenated alkanes) is 1. The van der Waals surface area contributed by atoms with Crippen LogP contribution in [0.1, 0.15) is 46.5 Å². The van der Waals surface area contributed by atoms with Crippen LogP contribution in [-0.4, -0.2) is 49.7 Å². The molecule has 0 bridgehead atoms. The van der Waals surface area contributed by atoms with Crippen molar-refractivity contribution in [2.75, 3.05) is 26.7 Å². The number of nitrogens with zero attached hydrogens (tertiary/aromatic N) is 1. The summed E-state index contributed by atoms with van der Waals surface area (Å²) in [5.41, 5.74) is 0. The summed E-state index contributed by atoms with van der Waals surface area (Å²) in [5, 5.41) is 3.41. The lowest BCUT2D eigenvalue weighted by molar-refractivity contribution is -0.143. The van der Waals surface area contributed by atoms with Crippen molar-refractivity contribution in [1.29, 1.82) is 0 Å². The van der Waals surface area contributed by atoms with E-state index in [-0.39, 0.29) is 12.0 Å². The zero-order valence-corrected chi connectivity index (χ0v) is 12.9. The highest BCUT2D eigenvalue weighted by Gasteiger charge is 2.26. The summed E-state index contributed by atoms with van der Waals surface area (Å²) >= 11 is 0. The smallest absolute Gasteiger partial charge is 0.322 e. The lowest BCUT2D eigenvalue weighted by atomic mass is 10.1. The van der Waals surface area contributed by atoms with Crippen molar-refractivity contribution in [2.24, 2.45) is 5.92 Å². The van der Waals surface area contributed by atoms with Crippen LogP contribution < -0.4 is 5.32 Å². The lowest BCUT2D eigenvalue weighted by Crippen LogP contribution is -2.41. The molecule has 112 valence electrons. The van der Waals surface area contributed by atoms with Crippen LogP contribution in [0, 0.1) is 5.92 Å². The zero-order chi connectivity index (χ0) is 14.3. The molecule has 0 aromatic carbocycles. The minimum absolute atomic E-state index is 0.118. The third-order valence-electron chi connectivity index (χ3n) is 4.03. The number of nitrogens with one attached hydrogen (secondary N) is 1. The van der Waals surface area contributed by atoms with E-state index in [9.17, 15) is 4.79 Å². The van der Waals surface area contributed by atoms with Crippen LogP contribution in [0.15, 0.2) is 0 Å². The first kappa shape index (κ1) is 16.4. The summed E-state index contributed by atoms with van der Waals surface area (Å²) in [6, 6.07) is 0.500. The van der Waals surface area contributed by atoms with E-state index in [0.29, 0.717) is 12.0 Å². The normalized spacial score (nSPS) is 21.8. The van der Waals surface area contributed by atoms with Gasteiger partial charge in [0.2, 0.25) is 0 Å².